The molecular formula is C8H12N2O2S. The molecule has 1 rings (SSSR count). The molecule has 0 aliphatic carbocycles. The number of unbranched alkanes of at least 4 members (excludes halogenated alkanes) is 1. The minimum Gasteiger partial charge on any atom is -0.279 e. The third-order valence-electron chi connectivity index (χ3n) is 1.84. The lowest BCUT2D eigenvalue weighted by atomic mass is 10.2. The summed E-state index contributed by atoms with van der Waals surface area (Å²) in [5, 5.41) is 2.18. The van der Waals surface area contributed by atoms with Gasteiger partial charge < -0.3 is 0 Å². The zero-order valence-corrected chi connectivity index (χ0v) is 8.32. The van der Waals surface area contributed by atoms with Gasteiger partial charge in [-0.3, -0.25) is 15.0 Å². The van der Waals surface area contributed by atoms with Crippen LogP contribution in [0.1, 0.15) is 26.2 Å². The summed E-state index contributed by atoms with van der Waals surface area (Å²) >= 11 is 5.02. The standard InChI is InChI=1S/C8H12N2O2S/c1-2-3-4-7(13)10-5-6(11)9-8(10)12/h2-5H2,1H3,(H,9,11,12). The Morgan fingerprint density at radius 2 is 2.31 bits per heavy atom. The number of amides is 3. The van der Waals surface area contributed by atoms with Crippen LogP contribution in [0.25, 0.3) is 0 Å². The number of carbonyl (C=O) groups is 2. The first-order valence-corrected chi connectivity index (χ1v) is 4.70. The van der Waals surface area contributed by atoms with Crippen LogP contribution in [0.4, 0.5) is 4.79 Å². The first kappa shape index (κ1) is 10.1. The maximum atomic E-state index is 11.1. The largest absolute Gasteiger partial charge is 0.329 e. The van der Waals surface area contributed by atoms with Crippen LogP contribution in [0.3, 0.4) is 0 Å². The first-order chi connectivity index (χ1) is 6.15. The molecule has 72 valence electrons. The highest BCUT2D eigenvalue weighted by Gasteiger charge is 2.28. The predicted octanol–water partition coefficient (Wildman–Crippen LogP) is 1.06. The number of carbonyl (C=O) groups excluding carboxylic acids is 2. The van der Waals surface area contributed by atoms with E-state index in [1.54, 1.807) is 0 Å². The van der Waals surface area contributed by atoms with E-state index in [-0.39, 0.29) is 18.5 Å². The fourth-order valence-electron chi connectivity index (χ4n) is 1.11. The van der Waals surface area contributed by atoms with Crippen LogP contribution in [-0.2, 0) is 4.79 Å². The molecule has 1 N–H and O–H groups in total. The van der Waals surface area contributed by atoms with E-state index in [9.17, 15) is 9.59 Å². The second kappa shape index (κ2) is 4.32. The molecule has 0 radical (unpaired) electrons. The van der Waals surface area contributed by atoms with Crippen molar-refractivity contribution in [2.45, 2.75) is 26.2 Å². The molecule has 4 nitrogen and oxygen atoms in total. The molecule has 0 aromatic heterocycles. The van der Waals surface area contributed by atoms with E-state index in [0.29, 0.717) is 11.4 Å². The summed E-state index contributed by atoms with van der Waals surface area (Å²) in [6, 6.07) is -0.383. The smallest absolute Gasteiger partial charge is 0.279 e. The van der Waals surface area contributed by atoms with E-state index in [0.717, 1.165) is 12.8 Å². The summed E-state index contributed by atoms with van der Waals surface area (Å²) < 4.78 is 0. The maximum absolute atomic E-state index is 11.1. The zero-order chi connectivity index (χ0) is 9.84. The molecule has 0 saturated carbocycles. The van der Waals surface area contributed by atoms with Gasteiger partial charge in [0.15, 0.2) is 0 Å². The normalized spacial score (nSPS) is 16.2. The van der Waals surface area contributed by atoms with Gasteiger partial charge in [-0.05, 0) is 12.8 Å². The van der Waals surface area contributed by atoms with E-state index in [4.69, 9.17) is 12.2 Å². The Labute approximate surface area is 82.3 Å². The van der Waals surface area contributed by atoms with Crippen molar-refractivity contribution >= 4 is 29.1 Å². The summed E-state index contributed by atoms with van der Waals surface area (Å²) in [5.41, 5.74) is 0. The van der Waals surface area contributed by atoms with Crippen LogP contribution in [0.5, 0.6) is 0 Å². The van der Waals surface area contributed by atoms with E-state index in [1.807, 2.05) is 0 Å². The number of hydrogen-bond donors (Lipinski definition) is 1. The van der Waals surface area contributed by atoms with Crippen molar-refractivity contribution in [3.8, 4) is 0 Å². The Kier molecular flexibility index (Phi) is 3.36. The first-order valence-electron chi connectivity index (χ1n) is 4.29. The maximum Gasteiger partial charge on any atom is 0.329 e. The molecule has 1 heterocycles. The van der Waals surface area contributed by atoms with Crippen molar-refractivity contribution < 1.29 is 9.59 Å². The van der Waals surface area contributed by atoms with E-state index in [1.165, 1.54) is 4.90 Å². The Morgan fingerprint density at radius 1 is 1.62 bits per heavy atom. The van der Waals surface area contributed by atoms with Crippen LogP contribution in [0, 0.1) is 0 Å². The quantitative estimate of drug-likeness (QED) is 0.547. The molecule has 5 heteroatoms. The van der Waals surface area contributed by atoms with Gasteiger partial charge in [0, 0.05) is 0 Å². The van der Waals surface area contributed by atoms with Gasteiger partial charge in [-0.2, -0.15) is 0 Å². The molecule has 1 aliphatic rings. The molecule has 0 aromatic carbocycles. The van der Waals surface area contributed by atoms with Crippen molar-refractivity contribution in [1.82, 2.24) is 10.2 Å². The van der Waals surface area contributed by atoms with Gasteiger partial charge in [0.1, 0.15) is 6.54 Å². The minimum atomic E-state index is -0.383. The summed E-state index contributed by atoms with van der Waals surface area (Å²) in [6.07, 6.45) is 2.69. The fraction of sp³-hybridized carbons (Fsp3) is 0.625. The van der Waals surface area contributed by atoms with Gasteiger partial charge in [-0.15, -0.1) is 0 Å². The average molecular weight is 200 g/mol. The lowest BCUT2D eigenvalue weighted by Crippen LogP contribution is -2.32. The van der Waals surface area contributed by atoms with Crippen LogP contribution in [-0.4, -0.2) is 28.4 Å². The number of nitrogens with zero attached hydrogens (tertiary/aromatic N) is 1. The van der Waals surface area contributed by atoms with E-state index < -0.39 is 0 Å². The number of urea groups is 1. The lowest BCUT2D eigenvalue weighted by Gasteiger charge is -2.13. The van der Waals surface area contributed by atoms with Gasteiger partial charge in [-0.1, -0.05) is 25.6 Å². The third-order valence-corrected chi connectivity index (χ3v) is 2.26. The molecule has 1 saturated heterocycles. The molecular weight excluding hydrogens is 188 g/mol. The van der Waals surface area contributed by atoms with Crippen molar-refractivity contribution in [3.63, 3.8) is 0 Å². The molecule has 0 bridgehead atoms. The number of hydrogen-bond acceptors (Lipinski definition) is 3. The topological polar surface area (TPSA) is 49.4 Å². The Bertz CT molecular complexity index is 253. The van der Waals surface area contributed by atoms with Crippen molar-refractivity contribution in [1.29, 1.82) is 0 Å². The molecule has 0 unspecified atom stereocenters. The molecule has 3 amide bonds. The Hall–Kier alpha value is -0.970. The second-order valence-corrected chi connectivity index (χ2v) is 3.41. The van der Waals surface area contributed by atoms with Crippen LogP contribution in [0.15, 0.2) is 0 Å². The Morgan fingerprint density at radius 3 is 2.77 bits per heavy atom. The lowest BCUT2D eigenvalue weighted by molar-refractivity contribution is -0.118. The minimum absolute atomic E-state index is 0.0847. The molecule has 13 heavy (non-hydrogen) atoms. The van der Waals surface area contributed by atoms with Gasteiger partial charge in [0.05, 0.1) is 4.99 Å². The highest BCUT2D eigenvalue weighted by Crippen LogP contribution is 2.06. The van der Waals surface area contributed by atoms with E-state index >= 15 is 0 Å². The highest BCUT2D eigenvalue weighted by atomic mass is 32.1. The van der Waals surface area contributed by atoms with Gasteiger partial charge in [-0.25, -0.2) is 4.79 Å². The molecule has 0 aromatic rings. The number of nitrogens with one attached hydrogen (secondary N) is 1. The molecule has 0 atom stereocenters. The summed E-state index contributed by atoms with van der Waals surface area (Å²) in [6.45, 7) is 2.14. The number of imide groups is 1. The third kappa shape index (κ3) is 2.48. The van der Waals surface area contributed by atoms with Crippen molar-refractivity contribution in [3.05, 3.63) is 0 Å². The second-order valence-electron chi connectivity index (χ2n) is 2.94. The zero-order valence-electron chi connectivity index (χ0n) is 7.50. The van der Waals surface area contributed by atoms with Crippen LogP contribution in [0.2, 0.25) is 0 Å². The molecule has 1 aliphatic heterocycles. The van der Waals surface area contributed by atoms with Crippen molar-refractivity contribution in [2.75, 3.05) is 6.54 Å². The Balaban J connectivity index is 2.47. The SMILES string of the molecule is CCCCC(=S)N1CC(=O)NC1=O. The summed E-state index contributed by atoms with van der Waals surface area (Å²) in [4.78, 5) is 23.8. The highest BCUT2D eigenvalue weighted by molar-refractivity contribution is 7.80. The van der Waals surface area contributed by atoms with Gasteiger partial charge in [0.2, 0.25) is 5.91 Å². The fourth-order valence-corrected chi connectivity index (χ4v) is 1.40. The number of thiocarbonyl (C=S) groups is 1. The van der Waals surface area contributed by atoms with Crippen LogP contribution < -0.4 is 5.32 Å². The monoisotopic (exact) mass is 200 g/mol. The van der Waals surface area contributed by atoms with Gasteiger partial charge in [0.25, 0.3) is 0 Å². The summed E-state index contributed by atoms with van der Waals surface area (Å²) in [5.74, 6) is -0.274. The van der Waals surface area contributed by atoms with E-state index in [2.05, 4.69) is 12.2 Å². The number of rotatable bonds is 3. The molecule has 1 fully saturated rings. The summed E-state index contributed by atoms with van der Waals surface area (Å²) in [7, 11) is 0. The molecule has 0 spiro atoms. The average Bonchev–Trinajstić information content (AvgIpc) is 2.41. The van der Waals surface area contributed by atoms with Gasteiger partial charge >= 0.3 is 6.03 Å². The predicted molar refractivity (Wildman–Crippen MR) is 52.4 cm³/mol. The van der Waals surface area contributed by atoms with Crippen molar-refractivity contribution in [2.24, 2.45) is 0 Å². The van der Waals surface area contributed by atoms with Crippen LogP contribution >= 0.6 is 12.2 Å².